The van der Waals surface area contributed by atoms with E-state index in [9.17, 15) is 13.2 Å². The second-order valence-corrected chi connectivity index (χ2v) is 9.84. The van der Waals surface area contributed by atoms with Crippen LogP contribution in [0.25, 0.3) is 0 Å². The summed E-state index contributed by atoms with van der Waals surface area (Å²) in [7, 11) is -0.190. The van der Waals surface area contributed by atoms with Crippen LogP contribution in [0.3, 0.4) is 0 Å². The molecule has 1 fully saturated rings. The summed E-state index contributed by atoms with van der Waals surface area (Å²) in [4.78, 5) is 17.3. The zero-order valence-corrected chi connectivity index (χ0v) is 19.9. The molecule has 0 radical (unpaired) electrons. The number of piperazine rings is 1. The van der Waals surface area contributed by atoms with Gasteiger partial charge < -0.3 is 19.9 Å². The van der Waals surface area contributed by atoms with Gasteiger partial charge in [-0.15, -0.1) is 0 Å². The van der Waals surface area contributed by atoms with Crippen LogP contribution in [0.5, 0.6) is 5.75 Å². The Morgan fingerprint density at radius 1 is 0.969 bits per heavy atom. The quantitative estimate of drug-likeness (QED) is 0.626. The van der Waals surface area contributed by atoms with Crippen LogP contribution in [0.1, 0.15) is 25.5 Å². The molecule has 1 amide bonds. The minimum absolute atomic E-state index is 0.0745. The highest BCUT2D eigenvalue weighted by atomic mass is 32.2. The SMILES string of the molecule is COc1ccc(S(=O)(=O)N[C@@H](C)C(=O)NC(C)c2ccc(N3CCN(C)CC3)cc2)cc1. The molecule has 0 aromatic heterocycles. The summed E-state index contributed by atoms with van der Waals surface area (Å²) in [5.41, 5.74) is 2.13. The number of nitrogens with one attached hydrogen (secondary N) is 2. The number of hydrogen-bond acceptors (Lipinski definition) is 6. The van der Waals surface area contributed by atoms with Crippen molar-refractivity contribution in [2.75, 3.05) is 45.2 Å². The monoisotopic (exact) mass is 460 g/mol. The summed E-state index contributed by atoms with van der Waals surface area (Å²) in [5, 5.41) is 2.89. The van der Waals surface area contributed by atoms with Gasteiger partial charge in [-0.1, -0.05) is 12.1 Å². The predicted octanol–water partition coefficient (Wildman–Crippen LogP) is 1.99. The molecule has 1 aliphatic rings. The number of amides is 1. The third-order valence-electron chi connectivity index (χ3n) is 5.72. The lowest BCUT2D eigenvalue weighted by Gasteiger charge is -2.34. The maximum Gasteiger partial charge on any atom is 0.241 e. The number of benzene rings is 2. The summed E-state index contributed by atoms with van der Waals surface area (Å²) in [6.07, 6.45) is 0. The molecule has 1 unspecified atom stereocenters. The number of ether oxygens (including phenoxy) is 1. The molecule has 1 saturated heterocycles. The number of carbonyl (C=O) groups excluding carboxylic acids is 1. The van der Waals surface area contributed by atoms with Gasteiger partial charge >= 0.3 is 0 Å². The molecular weight excluding hydrogens is 428 g/mol. The highest BCUT2D eigenvalue weighted by Gasteiger charge is 2.23. The first-order valence-corrected chi connectivity index (χ1v) is 12.2. The standard InChI is InChI=1S/C23H32N4O4S/c1-17(19-5-7-20(8-6-19)27-15-13-26(3)14-16-27)24-23(28)18(2)25-32(29,30)22-11-9-21(31-4)10-12-22/h5-12,17-18,25H,13-16H2,1-4H3,(H,24,28)/t17?,18-/m0/s1. The lowest BCUT2D eigenvalue weighted by Crippen LogP contribution is -2.45. The predicted molar refractivity (Wildman–Crippen MR) is 125 cm³/mol. The Balaban J connectivity index is 1.57. The molecule has 0 saturated carbocycles. The van der Waals surface area contributed by atoms with E-state index in [-0.39, 0.29) is 10.9 Å². The van der Waals surface area contributed by atoms with Crippen LogP contribution in [0.2, 0.25) is 0 Å². The number of methoxy groups -OCH3 is 1. The normalized spacial score (nSPS) is 16.9. The minimum Gasteiger partial charge on any atom is -0.497 e. The van der Waals surface area contributed by atoms with Crippen molar-refractivity contribution in [1.82, 2.24) is 14.9 Å². The molecule has 3 rings (SSSR count). The van der Waals surface area contributed by atoms with E-state index in [0.717, 1.165) is 31.7 Å². The third-order valence-corrected chi connectivity index (χ3v) is 7.27. The van der Waals surface area contributed by atoms with E-state index in [2.05, 4.69) is 39.0 Å². The zero-order valence-electron chi connectivity index (χ0n) is 19.0. The van der Waals surface area contributed by atoms with Crippen molar-refractivity contribution in [3.63, 3.8) is 0 Å². The molecule has 2 atom stereocenters. The van der Waals surface area contributed by atoms with Gasteiger partial charge in [0.05, 0.1) is 24.1 Å². The average molecular weight is 461 g/mol. The molecule has 2 aromatic rings. The second-order valence-electron chi connectivity index (χ2n) is 8.13. The molecule has 0 bridgehead atoms. The van der Waals surface area contributed by atoms with E-state index in [0.29, 0.717) is 5.75 Å². The number of carbonyl (C=O) groups is 1. The molecule has 2 N–H and O–H groups in total. The van der Waals surface area contributed by atoms with E-state index < -0.39 is 22.0 Å². The Bertz CT molecular complexity index is 1000. The largest absolute Gasteiger partial charge is 0.497 e. The molecule has 32 heavy (non-hydrogen) atoms. The van der Waals surface area contributed by atoms with Crippen molar-refractivity contribution in [2.45, 2.75) is 30.8 Å². The van der Waals surface area contributed by atoms with E-state index >= 15 is 0 Å². The van der Waals surface area contributed by atoms with E-state index in [1.165, 1.54) is 31.9 Å². The van der Waals surface area contributed by atoms with Gasteiger partial charge in [-0.05, 0) is 62.9 Å². The zero-order chi connectivity index (χ0) is 23.3. The van der Waals surface area contributed by atoms with Gasteiger partial charge in [0.25, 0.3) is 0 Å². The Morgan fingerprint density at radius 2 is 1.56 bits per heavy atom. The fourth-order valence-corrected chi connectivity index (χ4v) is 4.77. The Kier molecular flexibility index (Phi) is 7.76. The number of nitrogens with zero attached hydrogens (tertiary/aromatic N) is 2. The highest BCUT2D eigenvalue weighted by Crippen LogP contribution is 2.21. The van der Waals surface area contributed by atoms with Gasteiger partial charge in [0.1, 0.15) is 5.75 Å². The van der Waals surface area contributed by atoms with Gasteiger partial charge in [-0.25, -0.2) is 8.42 Å². The van der Waals surface area contributed by atoms with Crippen LogP contribution in [-0.2, 0) is 14.8 Å². The maximum atomic E-state index is 12.6. The van der Waals surface area contributed by atoms with Crippen molar-refractivity contribution in [2.24, 2.45) is 0 Å². The summed E-state index contributed by atoms with van der Waals surface area (Å²) >= 11 is 0. The lowest BCUT2D eigenvalue weighted by molar-refractivity contribution is -0.123. The number of rotatable bonds is 8. The highest BCUT2D eigenvalue weighted by molar-refractivity contribution is 7.89. The summed E-state index contributed by atoms with van der Waals surface area (Å²) < 4.78 is 32.6. The lowest BCUT2D eigenvalue weighted by atomic mass is 10.1. The molecule has 0 aliphatic carbocycles. The van der Waals surface area contributed by atoms with Crippen molar-refractivity contribution in [1.29, 1.82) is 0 Å². The number of anilines is 1. The molecule has 8 nitrogen and oxygen atoms in total. The van der Waals surface area contributed by atoms with E-state index in [1.807, 2.05) is 19.1 Å². The molecule has 174 valence electrons. The first-order valence-electron chi connectivity index (χ1n) is 10.7. The average Bonchev–Trinajstić information content (AvgIpc) is 2.79. The third kappa shape index (κ3) is 5.99. The van der Waals surface area contributed by atoms with E-state index in [1.54, 1.807) is 12.1 Å². The Hall–Kier alpha value is -2.62. The van der Waals surface area contributed by atoms with Crippen LogP contribution in [0, 0.1) is 0 Å². The molecule has 1 heterocycles. The molecule has 0 spiro atoms. The second kappa shape index (κ2) is 10.3. The number of sulfonamides is 1. The van der Waals surface area contributed by atoms with Crippen LogP contribution < -0.4 is 19.7 Å². The summed E-state index contributed by atoms with van der Waals surface area (Å²) in [6, 6.07) is 13.0. The fraction of sp³-hybridized carbons (Fsp3) is 0.435. The van der Waals surface area contributed by atoms with Crippen molar-refractivity contribution < 1.29 is 17.9 Å². The topological polar surface area (TPSA) is 91.0 Å². The van der Waals surface area contributed by atoms with Crippen LogP contribution >= 0.6 is 0 Å². The van der Waals surface area contributed by atoms with Crippen molar-refractivity contribution >= 4 is 21.6 Å². The minimum atomic E-state index is -3.83. The fourth-order valence-electron chi connectivity index (χ4n) is 3.57. The van der Waals surface area contributed by atoms with Gasteiger partial charge in [-0.3, -0.25) is 4.79 Å². The van der Waals surface area contributed by atoms with Gasteiger partial charge in [0.15, 0.2) is 0 Å². The Morgan fingerprint density at radius 3 is 2.12 bits per heavy atom. The maximum absolute atomic E-state index is 12.6. The van der Waals surface area contributed by atoms with Gasteiger partial charge in [0, 0.05) is 31.9 Å². The number of hydrogen-bond donors (Lipinski definition) is 2. The smallest absolute Gasteiger partial charge is 0.241 e. The van der Waals surface area contributed by atoms with E-state index in [4.69, 9.17) is 4.74 Å². The first kappa shape index (κ1) is 24.0. The van der Waals surface area contributed by atoms with Crippen LogP contribution in [0.4, 0.5) is 5.69 Å². The number of likely N-dealkylation sites (N-methyl/N-ethyl adjacent to an activating group) is 1. The van der Waals surface area contributed by atoms with Crippen molar-refractivity contribution in [3.8, 4) is 5.75 Å². The molecule has 2 aromatic carbocycles. The van der Waals surface area contributed by atoms with Gasteiger partial charge in [0.2, 0.25) is 15.9 Å². The molecular formula is C23H32N4O4S. The molecule has 1 aliphatic heterocycles. The Labute approximate surface area is 190 Å². The van der Waals surface area contributed by atoms with Crippen LogP contribution in [-0.4, -0.2) is 65.6 Å². The summed E-state index contributed by atoms with van der Waals surface area (Å²) in [6.45, 7) is 7.48. The summed E-state index contributed by atoms with van der Waals surface area (Å²) in [5.74, 6) is 0.167. The van der Waals surface area contributed by atoms with Gasteiger partial charge in [-0.2, -0.15) is 4.72 Å². The molecule has 9 heteroatoms. The van der Waals surface area contributed by atoms with Crippen LogP contribution in [0.15, 0.2) is 53.4 Å². The van der Waals surface area contributed by atoms with Crippen molar-refractivity contribution in [3.05, 3.63) is 54.1 Å². The first-order chi connectivity index (χ1) is 15.2.